The lowest BCUT2D eigenvalue weighted by Gasteiger charge is -2.25. The first-order chi connectivity index (χ1) is 14.7. The number of thiazole rings is 1. The van der Waals surface area contributed by atoms with E-state index in [1.807, 2.05) is 22.9 Å². The van der Waals surface area contributed by atoms with Crippen LogP contribution in [0.5, 0.6) is 0 Å². The molecule has 1 atom stereocenters. The number of hydrogen-bond donors (Lipinski definition) is 2. The maximum atomic E-state index is 5.14. The lowest BCUT2D eigenvalue weighted by Crippen LogP contribution is -2.46. The van der Waals surface area contributed by atoms with E-state index in [-0.39, 0.29) is 6.04 Å². The van der Waals surface area contributed by atoms with Gasteiger partial charge in [-0.15, -0.1) is 11.3 Å². The van der Waals surface area contributed by atoms with Crippen LogP contribution in [0.1, 0.15) is 28.6 Å². The molecule has 158 valence electrons. The van der Waals surface area contributed by atoms with Crippen molar-refractivity contribution in [2.24, 2.45) is 4.99 Å². The molecule has 0 amide bonds. The summed E-state index contributed by atoms with van der Waals surface area (Å²) >= 11 is 1.72. The molecule has 0 saturated carbocycles. The lowest BCUT2D eigenvalue weighted by molar-refractivity contribution is 0.177. The quantitative estimate of drug-likeness (QED) is 0.466. The summed E-state index contributed by atoms with van der Waals surface area (Å²) in [6, 6.07) is 10.5. The molecule has 0 saturated heterocycles. The predicted molar refractivity (Wildman–Crippen MR) is 118 cm³/mol. The van der Waals surface area contributed by atoms with Crippen molar-refractivity contribution in [1.82, 2.24) is 30.4 Å². The number of fused-ring (bicyclic) bond motifs is 1. The SMILES string of the molecule is CN=C(NCc1sc(-c2ccccc2)nc1C)NC1CCc2nc(COC)nn2C1. The van der Waals surface area contributed by atoms with Gasteiger partial charge in [-0.1, -0.05) is 30.3 Å². The average molecular weight is 426 g/mol. The van der Waals surface area contributed by atoms with E-state index in [4.69, 9.17) is 9.72 Å². The Hall–Kier alpha value is -2.78. The third kappa shape index (κ3) is 4.68. The van der Waals surface area contributed by atoms with Gasteiger partial charge in [0.05, 0.1) is 18.8 Å². The van der Waals surface area contributed by atoms with E-state index < -0.39 is 0 Å². The van der Waals surface area contributed by atoms with Gasteiger partial charge in [0.1, 0.15) is 17.4 Å². The number of ether oxygens (including phenoxy) is 1. The van der Waals surface area contributed by atoms with Crippen molar-refractivity contribution in [2.75, 3.05) is 14.2 Å². The van der Waals surface area contributed by atoms with Gasteiger partial charge in [-0.05, 0) is 13.3 Å². The minimum absolute atomic E-state index is 0.253. The Morgan fingerprint density at radius 1 is 1.30 bits per heavy atom. The maximum absolute atomic E-state index is 5.14. The Bertz CT molecular complexity index is 1010. The number of aryl methyl sites for hydroxylation is 2. The van der Waals surface area contributed by atoms with E-state index in [9.17, 15) is 0 Å². The summed E-state index contributed by atoms with van der Waals surface area (Å²) in [6.45, 7) is 3.96. The maximum Gasteiger partial charge on any atom is 0.191 e. The number of benzene rings is 1. The number of nitrogens with zero attached hydrogens (tertiary/aromatic N) is 5. The minimum atomic E-state index is 0.253. The molecule has 8 nitrogen and oxygen atoms in total. The van der Waals surface area contributed by atoms with E-state index in [0.29, 0.717) is 13.2 Å². The van der Waals surface area contributed by atoms with Crippen LogP contribution in [0.2, 0.25) is 0 Å². The Morgan fingerprint density at radius 2 is 2.13 bits per heavy atom. The van der Waals surface area contributed by atoms with E-state index in [1.165, 1.54) is 4.88 Å². The summed E-state index contributed by atoms with van der Waals surface area (Å²) in [7, 11) is 3.46. The molecule has 2 N–H and O–H groups in total. The number of guanidine groups is 1. The summed E-state index contributed by atoms with van der Waals surface area (Å²) in [5.41, 5.74) is 2.20. The van der Waals surface area contributed by atoms with Crippen molar-refractivity contribution in [3.8, 4) is 10.6 Å². The first-order valence-electron chi connectivity index (χ1n) is 10.1. The van der Waals surface area contributed by atoms with Crippen molar-refractivity contribution < 1.29 is 4.74 Å². The van der Waals surface area contributed by atoms with Crippen LogP contribution in [-0.4, -0.2) is 45.9 Å². The topological polar surface area (TPSA) is 89.2 Å². The summed E-state index contributed by atoms with van der Waals surface area (Å²) < 4.78 is 7.12. The molecule has 0 aliphatic carbocycles. The molecule has 0 radical (unpaired) electrons. The molecule has 4 rings (SSSR count). The van der Waals surface area contributed by atoms with E-state index in [2.05, 4.69) is 44.8 Å². The summed E-state index contributed by atoms with van der Waals surface area (Å²) in [5.74, 6) is 2.55. The highest BCUT2D eigenvalue weighted by Crippen LogP contribution is 2.27. The van der Waals surface area contributed by atoms with Crippen LogP contribution in [0.3, 0.4) is 0 Å². The average Bonchev–Trinajstić information content (AvgIpc) is 3.34. The molecular weight excluding hydrogens is 398 g/mol. The van der Waals surface area contributed by atoms with Gasteiger partial charge in [0.15, 0.2) is 11.8 Å². The van der Waals surface area contributed by atoms with E-state index in [1.54, 1.807) is 25.5 Å². The summed E-state index contributed by atoms with van der Waals surface area (Å²) in [5, 5.41) is 12.5. The first kappa shape index (κ1) is 20.5. The Balaban J connectivity index is 1.35. The molecule has 3 heterocycles. The van der Waals surface area contributed by atoms with Crippen molar-refractivity contribution in [3.05, 3.63) is 52.6 Å². The van der Waals surface area contributed by atoms with Crippen LogP contribution < -0.4 is 10.6 Å². The highest BCUT2D eigenvalue weighted by Gasteiger charge is 2.22. The minimum Gasteiger partial charge on any atom is -0.377 e. The lowest BCUT2D eigenvalue weighted by atomic mass is 10.1. The fourth-order valence-electron chi connectivity index (χ4n) is 3.52. The normalized spacial score (nSPS) is 16.4. The summed E-state index contributed by atoms with van der Waals surface area (Å²) in [4.78, 5) is 14.9. The third-order valence-electron chi connectivity index (χ3n) is 5.07. The van der Waals surface area contributed by atoms with Crippen LogP contribution in [0.15, 0.2) is 35.3 Å². The Morgan fingerprint density at radius 3 is 2.90 bits per heavy atom. The fraction of sp³-hybridized carbons (Fsp3) is 0.429. The molecule has 1 unspecified atom stereocenters. The van der Waals surface area contributed by atoms with Gasteiger partial charge in [-0.25, -0.2) is 14.6 Å². The second-order valence-corrected chi connectivity index (χ2v) is 8.34. The second-order valence-electron chi connectivity index (χ2n) is 7.26. The van der Waals surface area contributed by atoms with Gasteiger partial charge < -0.3 is 15.4 Å². The van der Waals surface area contributed by atoms with Gasteiger partial charge >= 0.3 is 0 Å². The molecule has 9 heteroatoms. The zero-order valence-corrected chi connectivity index (χ0v) is 18.4. The van der Waals surface area contributed by atoms with Crippen molar-refractivity contribution in [3.63, 3.8) is 0 Å². The number of aliphatic imine (C=N–C) groups is 1. The highest BCUT2D eigenvalue weighted by molar-refractivity contribution is 7.15. The van der Waals surface area contributed by atoms with Crippen molar-refractivity contribution in [2.45, 2.75) is 45.5 Å². The smallest absolute Gasteiger partial charge is 0.191 e. The monoisotopic (exact) mass is 425 g/mol. The van der Waals surface area contributed by atoms with Gasteiger partial charge in [0.2, 0.25) is 0 Å². The molecular formula is C21H27N7OS. The Kier molecular flexibility index (Phi) is 6.39. The number of nitrogens with one attached hydrogen (secondary N) is 2. The van der Waals surface area contributed by atoms with Crippen LogP contribution in [0.4, 0.5) is 0 Å². The molecule has 2 aromatic heterocycles. The van der Waals surface area contributed by atoms with Crippen LogP contribution >= 0.6 is 11.3 Å². The molecule has 0 fully saturated rings. The zero-order chi connectivity index (χ0) is 20.9. The van der Waals surface area contributed by atoms with Gasteiger partial charge in [0.25, 0.3) is 0 Å². The number of rotatable bonds is 6. The van der Waals surface area contributed by atoms with Crippen molar-refractivity contribution in [1.29, 1.82) is 0 Å². The fourth-order valence-corrected chi connectivity index (χ4v) is 4.52. The number of hydrogen-bond acceptors (Lipinski definition) is 6. The number of methoxy groups -OCH3 is 1. The molecule has 1 aliphatic heterocycles. The second kappa shape index (κ2) is 9.36. The predicted octanol–water partition coefficient (Wildman–Crippen LogP) is 2.54. The number of aromatic nitrogens is 4. The largest absolute Gasteiger partial charge is 0.377 e. The standard InChI is InChI=1S/C21H27N7OS/c1-14-17(30-20(24-14)15-7-5-4-6-8-15)11-23-21(22-2)25-16-9-10-19-26-18(13-29-3)27-28(19)12-16/h4-8,16H,9-13H2,1-3H3,(H2,22,23,25). The van der Waals surface area contributed by atoms with Crippen LogP contribution in [0.25, 0.3) is 10.6 Å². The van der Waals surface area contributed by atoms with E-state index >= 15 is 0 Å². The van der Waals surface area contributed by atoms with Crippen LogP contribution in [0, 0.1) is 6.92 Å². The molecule has 3 aromatic rings. The molecule has 0 bridgehead atoms. The first-order valence-corrected chi connectivity index (χ1v) is 10.9. The Labute approximate surface area is 180 Å². The van der Waals surface area contributed by atoms with E-state index in [0.717, 1.165) is 53.3 Å². The third-order valence-corrected chi connectivity index (χ3v) is 6.28. The van der Waals surface area contributed by atoms with Gasteiger partial charge in [-0.2, -0.15) is 5.10 Å². The summed E-state index contributed by atoms with van der Waals surface area (Å²) in [6.07, 6.45) is 1.88. The van der Waals surface area contributed by atoms with Crippen LogP contribution in [-0.2, 0) is 30.9 Å². The molecule has 1 aliphatic rings. The van der Waals surface area contributed by atoms with Gasteiger partial charge in [-0.3, -0.25) is 4.99 Å². The molecule has 1 aromatic carbocycles. The zero-order valence-electron chi connectivity index (χ0n) is 17.6. The van der Waals surface area contributed by atoms with Gasteiger partial charge in [0, 0.05) is 37.1 Å². The highest BCUT2D eigenvalue weighted by atomic mass is 32.1. The molecule has 30 heavy (non-hydrogen) atoms. The molecule has 0 spiro atoms. The van der Waals surface area contributed by atoms with Crippen molar-refractivity contribution >= 4 is 17.3 Å².